The smallest absolute Gasteiger partial charge is 0.243 e. The highest BCUT2D eigenvalue weighted by Crippen LogP contribution is 2.23. The molecule has 0 saturated carbocycles. The van der Waals surface area contributed by atoms with Gasteiger partial charge in [-0.15, -0.1) is 0 Å². The maximum Gasteiger partial charge on any atom is 0.243 e. The highest BCUT2D eigenvalue weighted by atomic mass is 16.2. The molecule has 0 aromatic heterocycles. The lowest BCUT2D eigenvalue weighted by molar-refractivity contribution is -0.141. The Balaban J connectivity index is 2.16. The number of aryl methyl sites for hydroxylation is 1. The number of carbonyl (C=O) groups is 2. The second-order valence-electron chi connectivity index (χ2n) is 9.70. The van der Waals surface area contributed by atoms with Crippen molar-refractivity contribution in [3.63, 3.8) is 0 Å². The van der Waals surface area contributed by atoms with Crippen molar-refractivity contribution < 1.29 is 9.59 Å². The van der Waals surface area contributed by atoms with Crippen LogP contribution in [0.1, 0.15) is 77.5 Å². The zero-order valence-electron chi connectivity index (χ0n) is 20.7. The van der Waals surface area contributed by atoms with Gasteiger partial charge in [0, 0.05) is 19.0 Å². The highest BCUT2D eigenvalue weighted by molar-refractivity contribution is 5.87. The molecule has 2 rings (SSSR count). The van der Waals surface area contributed by atoms with Crippen molar-refractivity contribution in [2.24, 2.45) is 0 Å². The number of carbonyl (C=O) groups excluding carboxylic acids is 2. The van der Waals surface area contributed by atoms with Gasteiger partial charge in [0.25, 0.3) is 0 Å². The number of benzene rings is 2. The summed E-state index contributed by atoms with van der Waals surface area (Å²) < 4.78 is 0. The summed E-state index contributed by atoms with van der Waals surface area (Å²) in [6.07, 6.45) is 2.49. The van der Waals surface area contributed by atoms with Crippen molar-refractivity contribution in [1.29, 1.82) is 0 Å². The van der Waals surface area contributed by atoms with Crippen LogP contribution >= 0.6 is 0 Å². The van der Waals surface area contributed by atoms with E-state index >= 15 is 0 Å². The van der Waals surface area contributed by atoms with Crippen LogP contribution in [0.5, 0.6) is 0 Å². The van der Waals surface area contributed by atoms with E-state index in [9.17, 15) is 9.59 Å². The van der Waals surface area contributed by atoms with Crippen LogP contribution in [0.2, 0.25) is 0 Å². The van der Waals surface area contributed by atoms with Crippen molar-refractivity contribution in [2.75, 3.05) is 0 Å². The molecule has 1 N–H and O–H groups in total. The first-order valence-corrected chi connectivity index (χ1v) is 11.9. The largest absolute Gasteiger partial charge is 0.352 e. The molecule has 0 aliphatic heterocycles. The molecule has 0 spiro atoms. The van der Waals surface area contributed by atoms with E-state index in [1.807, 2.05) is 51.1 Å². The summed E-state index contributed by atoms with van der Waals surface area (Å²) in [5, 5.41) is 3.06. The summed E-state index contributed by atoms with van der Waals surface area (Å²) in [5.41, 5.74) is 3.57. The molecule has 32 heavy (non-hydrogen) atoms. The molecule has 2 atom stereocenters. The summed E-state index contributed by atoms with van der Waals surface area (Å²) in [6.45, 7) is 13.0. The molecule has 2 amide bonds. The fourth-order valence-electron chi connectivity index (χ4n) is 3.71. The van der Waals surface area contributed by atoms with Crippen molar-refractivity contribution >= 4 is 11.8 Å². The van der Waals surface area contributed by atoms with Crippen LogP contribution in [0.3, 0.4) is 0 Å². The second kappa shape index (κ2) is 11.8. The van der Waals surface area contributed by atoms with E-state index in [-0.39, 0.29) is 23.3 Å². The monoisotopic (exact) mass is 436 g/mol. The molecule has 0 radical (unpaired) electrons. The van der Waals surface area contributed by atoms with Crippen LogP contribution in [0.25, 0.3) is 0 Å². The molecule has 0 bridgehead atoms. The number of hydrogen-bond donors (Lipinski definition) is 1. The molecule has 0 fully saturated rings. The average Bonchev–Trinajstić information content (AvgIpc) is 2.77. The fraction of sp³-hybridized carbons (Fsp3) is 0.500. The lowest BCUT2D eigenvalue weighted by atomic mass is 9.86. The maximum absolute atomic E-state index is 13.4. The van der Waals surface area contributed by atoms with Gasteiger partial charge >= 0.3 is 0 Å². The predicted octanol–water partition coefficient (Wildman–Crippen LogP) is 5.64. The Labute approximate surface area is 194 Å². The third-order valence-corrected chi connectivity index (χ3v) is 6.03. The van der Waals surface area contributed by atoms with Gasteiger partial charge in [0.15, 0.2) is 0 Å². The van der Waals surface area contributed by atoms with Crippen LogP contribution in [-0.2, 0) is 28.0 Å². The van der Waals surface area contributed by atoms with E-state index in [1.165, 1.54) is 5.56 Å². The summed E-state index contributed by atoms with van der Waals surface area (Å²) >= 11 is 0. The molecule has 2 aromatic carbocycles. The molecular formula is C28H40N2O2. The number of nitrogens with zero attached hydrogens (tertiary/aromatic N) is 1. The zero-order chi connectivity index (χ0) is 23.7. The van der Waals surface area contributed by atoms with Gasteiger partial charge in [0.05, 0.1) is 0 Å². The topological polar surface area (TPSA) is 49.4 Å². The van der Waals surface area contributed by atoms with E-state index in [1.54, 1.807) is 4.90 Å². The van der Waals surface area contributed by atoms with Crippen molar-refractivity contribution in [3.05, 3.63) is 71.3 Å². The number of nitrogens with one attached hydrogen (secondary N) is 1. The van der Waals surface area contributed by atoms with E-state index in [0.717, 1.165) is 17.5 Å². The molecule has 0 aliphatic carbocycles. The van der Waals surface area contributed by atoms with Gasteiger partial charge in [-0.25, -0.2) is 0 Å². The predicted molar refractivity (Wildman–Crippen MR) is 132 cm³/mol. The molecule has 0 aliphatic rings. The second-order valence-corrected chi connectivity index (χ2v) is 9.70. The minimum absolute atomic E-state index is 0.0138. The Bertz CT molecular complexity index is 853. The quantitative estimate of drug-likeness (QED) is 0.524. The SMILES string of the molecule is CC[C@@H](C)NC(=O)[C@H](CC)N(Cc1ccccc1)C(=O)CCc1ccc(C(C)(C)C)cc1. The first kappa shape index (κ1) is 25.6. The molecule has 0 unspecified atom stereocenters. The maximum atomic E-state index is 13.4. The van der Waals surface area contributed by atoms with Gasteiger partial charge in [-0.2, -0.15) is 0 Å². The summed E-state index contributed by atoms with van der Waals surface area (Å²) in [6, 6.07) is 18.0. The first-order chi connectivity index (χ1) is 15.2. The van der Waals surface area contributed by atoms with Crippen LogP contribution in [-0.4, -0.2) is 28.8 Å². The third kappa shape index (κ3) is 7.51. The normalized spacial score (nSPS) is 13.3. The van der Waals surface area contributed by atoms with E-state index in [2.05, 4.69) is 50.4 Å². The van der Waals surface area contributed by atoms with Crippen molar-refractivity contribution in [1.82, 2.24) is 10.2 Å². The number of rotatable bonds is 10. The number of hydrogen-bond acceptors (Lipinski definition) is 2. The Kier molecular flexibility index (Phi) is 9.49. The van der Waals surface area contributed by atoms with Gasteiger partial charge in [-0.1, -0.05) is 89.2 Å². The lowest BCUT2D eigenvalue weighted by Gasteiger charge is -2.31. The van der Waals surface area contributed by atoms with Gasteiger partial charge in [0.1, 0.15) is 6.04 Å². The lowest BCUT2D eigenvalue weighted by Crippen LogP contribution is -2.50. The zero-order valence-corrected chi connectivity index (χ0v) is 20.7. The van der Waals surface area contributed by atoms with Gasteiger partial charge < -0.3 is 10.2 Å². The van der Waals surface area contributed by atoms with Gasteiger partial charge in [-0.05, 0) is 48.3 Å². The van der Waals surface area contributed by atoms with Gasteiger partial charge in [0.2, 0.25) is 11.8 Å². The first-order valence-electron chi connectivity index (χ1n) is 11.9. The number of amides is 2. The molecular weight excluding hydrogens is 396 g/mol. The van der Waals surface area contributed by atoms with Crippen LogP contribution in [0.4, 0.5) is 0 Å². The molecule has 174 valence electrons. The Morgan fingerprint density at radius 2 is 1.53 bits per heavy atom. The van der Waals surface area contributed by atoms with E-state index in [4.69, 9.17) is 0 Å². The third-order valence-electron chi connectivity index (χ3n) is 6.03. The average molecular weight is 437 g/mol. The summed E-state index contributed by atoms with van der Waals surface area (Å²) in [7, 11) is 0. The van der Waals surface area contributed by atoms with Crippen molar-refractivity contribution in [2.45, 2.75) is 91.3 Å². The Morgan fingerprint density at radius 1 is 0.906 bits per heavy atom. The Morgan fingerprint density at radius 3 is 2.06 bits per heavy atom. The van der Waals surface area contributed by atoms with Crippen molar-refractivity contribution in [3.8, 4) is 0 Å². The fourth-order valence-corrected chi connectivity index (χ4v) is 3.71. The summed E-state index contributed by atoms with van der Waals surface area (Å²) in [4.78, 5) is 28.1. The molecule has 2 aromatic rings. The summed E-state index contributed by atoms with van der Waals surface area (Å²) in [5.74, 6) is -0.0550. The molecule has 4 nitrogen and oxygen atoms in total. The van der Waals surface area contributed by atoms with E-state index in [0.29, 0.717) is 25.8 Å². The highest BCUT2D eigenvalue weighted by Gasteiger charge is 2.29. The minimum atomic E-state index is -0.472. The van der Waals surface area contributed by atoms with Crippen LogP contribution < -0.4 is 5.32 Å². The molecule has 4 heteroatoms. The van der Waals surface area contributed by atoms with Crippen LogP contribution in [0, 0.1) is 0 Å². The van der Waals surface area contributed by atoms with Crippen LogP contribution in [0.15, 0.2) is 54.6 Å². The minimum Gasteiger partial charge on any atom is -0.352 e. The molecule has 0 heterocycles. The Hall–Kier alpha value is -2.62. The standard InChI is InChI=1S/C28H40N2O2/c1-7-21(3)29-27(32)25(8-2)30(20-23-12-10-9-11-13-23)26(31)19-16-22-14-17-24(18-15-22)28(4,5)6/h9-15,17-18,21,25H,7-8,16,19-20H2,1-6H3,(H,29,32)/t21-,25+/m1/s1. The van der Waals surface area contributed by atoms with E-state index < -0.39 is 6.04 Å². The van der Waals surface area contributed by atoms with Gasteiger partial charge in [-0.3, -0.25) is 9.59 Å². The molecule has 0 saturated heterocycles.